The van der Waals surface area contributed by atoms with Crippen LogP contribution in [0.5, 0.6) is 0 Å². The van der Waals surface area contributed by atoms with Crippen molar-refractivity contribution in [2.24, 2.45) is 11.1 Å². The van der Waals surface area contributed by atoms with Gasteiger partial charge in [0.2, 0.25) is 0 Å². The first-order valence-electron chi connectivity index (χ1n) is 6.20. The second-order valence-corrected chi connectivity index (χ2v) is 5.61. The second-order valence-electron chi connectivity index (χ2n) is 5.61. The first-order chi connectivity index (χ1) is 7.84. The van der Waals surface area contributed by atoms with Gasteiger partial charge in [0.1, 0.15) is 0 Å². The molecule has 4 heteroatoms. The van der Waals surface area contributed by atoms with Crippen LogP contribution in [0.4, 0.5) is 0 Å². The molecule has 4 nitrogen and oxygen atoms in total. The zero-order chi connectivity index (χ0) is 13.5. The normalized spacial score (nSPS) is 15.6. The minimum Gasteiger partial charge on any atom is -0.383 e. The van der Waals surface area contributed by atoms with Crippen molar-refractivity contribution in [1.29, 1.82) is 5.26 Å². The number of nitrogens with zero attached hydrogens (tertiary/aromatic N) is 2. The van der Waals surface area contributed by atoms with Gasteiger partial charge in [0.15, 0.2) is 0 Å². The molecule has 0 aliphatic rings. The molecule has 0 fully saturated rings. The Labute approximate surface area is 106 Å². The van der Waals surface area contributed by atoms with E-state index in [-0.39, 0.29) is 17.5 Å². The van der Waals surface area contributed by atoms with Crippen molar-refractivity contribution in [3.63, 3.8) is 0 Å². The number of rotatable bonds is 7. The van der Waals surface area contributed by atoms with Crippen LogP contribution in [0, 0.1) is 16.7 Å². The molecule has 0 amide bonds. The minimum atomic E-state index is 0.0746. The second kappa shape index (κ2) is 7.65. The number of nitriles is 1. The van der Waals surface area contributed by atoms with E-state index in [1.807, 2.05) is 6.92 Å². The lowest BCUT2D eigenvalue weighted by atomic mass is 9.81. The Bertz CT molecular complexity index is 240. The van der Waals surface area contributed by atoms with Gasteiger partial charge in [-0.2, -0.15) is 5.26 Å². The Morgan fingerprint density at radius 2 is 1.94 bits per heavy atom. The molecular weight excluding hydrogens is 214 g/mol. The van der Waals surface area contributed by atoms with Crippen LogP contribution in [-0.2, 0) is 4.74 Å². The SMILES string of the molecule is COCCN(CCC#N)C(C(C)N)C(C)(C)C. The summed E-state index contributed by atoms with van der Waals surface area (Å²) in [5.41, 5.74) is 6.20. The predicted octanol–water partition coefficient (Wildman–Crippen LogP) is 1.61. The number of methoxy groups -OCH3 is 1. The summed E-state index contributed by atoms with van der Waals surface area (Å²) in [5.74, 6) is 0. The van der Waals surface area contributed by atoms with Crippen molar-refractivity contribution in [3.05, 3.63) is 0 Å². The third-order valence-corrected chi connectivity index (χ3v) is 2.87. The molecule has 0 aromatic carbocycles. The van der Waals surface area contributed by atoms with E-state index in [9.17, 15) is 0 Å². The van der Waals surface area contributed by atoms with E-state index < -0.39 is 0 Å². The summed E-state index contributed by atoms with van der Waals surface area (Å²) in [5, 5.41) is 8.72. The number of hydrogen-bond donors (Lipinski definition) is 1. The Morgan fingerprint density at radius 3 is 2.29 bits per heavy atom. The highest BCUT2D eigenvalue weighted by Gasteiger charge is 2.32. The highest BCUT2D eigenvalue weighted by molar-refractivity contribution is 4.90. The average Bonchev–Trinajstić information content (AvgIpc) is 2.19. The van der Waals surface area contributed by atoms with Gasteiger partial charge >= 0.3 is 0 Å². The fourth-order valence-electron chi connectivity index (χ4n) is 2.46. The van der Waals surface area contributed by atoms with Crippen molar-refractivity contribution >= 4 is 0 Å². The van der Waals surface area contributed by atoms with Crippen molar-refractivity contribution < 1.29 is 4.74 Å². The lowest BCUT2D eigenvalue weighted by molar-refractivity contribution is 0.0567. The Balaban J connectivity index is 4.75. The standard InChI is InChI=1S/C13H27N3O/c1-11(15)12(13(2,3)4)16(8-6-7-14)9-10-17-5/h11-12H,6,8-10,15H2,1-5H3. The molecule has 0 saturated heterocycles. The first-order valence-corrected chi connectivity index (χ1v) is 6.20. The lowest BCUT2D eigenvalue weighted by Gasteiger charge is -2.42. The van der Waals surface area contributed by atoms with E-state index in [4.69, 9.17) is 15.7 Å². The van der Waals surface area contributed by atoms with E-state index >= 15 is 0 Å². The summed E-state index contributed by atoms with van der Waals surface area (Å²) >= 11 is 0. The largest absolute Gasteiger partial charge is 0.383 e. The van der Waals surface area contributed by atoms with Gasteiger partial charge in [-0.1, -0.05) is 20.8 Å². The van der Waals surface area contributed by atoms with Gasteiger partial charge in [-0.05, 0) is 12.3 Å². The molecule has 0 aliphatic carbocycles. The van der Waals surface area contributed by atoms with Crippen LogP contribution >= 0.6 is 0 Å². The van der Waals surface area contributed by atoms with Crippen LogP contribution in [-0.4, -0.2) is 43.8 Å². The van der Waals surface area contributed by atoms with Crippen LogP contribution in [0.25, 0.3) is 0 Å². The van der Waals surface area contributed by atoms with Crippen molar-refractivity contribution in [3.8, 4) is 6.07 Å². The predicted molar refractivity (Wildman–Crippen MR) is 70.6 cm³/mol. The summed E-state index contributed by atoms with van der Waals surface area (Å²) in [6, 6.07) is 2.53. The summed E-state index contributed by atoms with van der Waals surface area (Å²) in [6.07, 6.45) is 0.531. The molecular formula is C13H27N3O. The Hall–Kier alpha value is -0.630. The topological polar surface area (TPSA) is 62.3 Å². The van der Waals surface area contributed by atoms with Gasteiger partial charge in [-0.3, -0.25) is 4.90 Å². The quantitative estimate of drug-likeness (QED) is 0.735. The number of nitrogens with two attached hydrogens (primary N) is 1. The number of ether oxygens (including phenoxy) is 1. The zero-order valence-corrected chi connectivity index (χ0v) is 11.9. The summed E-state index contributed by atoms with van der Waals surface area (Å²) in [7, 11) is 1.69. The highest BCUT2D eigenvalue weighted by atomic mass is 16.5. The monoisotopic (exact) mass is 241 g/mol. The molecule has 0 aromatic rings. The molecule has 0 heterocycles. The van der Waals surface area contributed by atoms with Gasteiger partial charge in [0, 0.05) is 38.7 Å². The first kappa shape index (κ1) is 16.4. The van der Waals surface area contributed by atoms with Crippen molar-refractivity contribution in [1.82, 2.24) is 4.90 Å². The van der Waals surface area contributed by atoms with E-state index in [0.29, 0.717) is 13.0 Å². The minimum absolute atomic E-state index is 0.0746. The van der Waals surface area contributed by atoms with Crippen molar-refractivity contribution in [2.75, 3.05) is 26.8 Å². The zero-order valence-electron chi connectivity index (χ0n) is 11.9. The van der Waals surface area contributed by atoms with Crippen molar-refractivity contribution in [2.45, 2.75) is 46.2 Å². The Morgan fingerprint density at radius 1 is 1.35 bits per heavy atom. The van der Waals surface area contributed by atoms with E-state index in [1.165, 1.54) is 0 Å². The molecule has 0 bridgehead atoms. The molecule has 2 atom stereocenters. The molecule has 2 N–H and O–H groups in total. The third kappa shape index (κ3) is 6.02. The molecule has 0 saturated carbocycles. The van der Waals surface area contributed by atoms with Gasteiger partial charge in [-0.15, -0.1) is 0 Å². The van der Waals surface area contributed by atoms with Crippen LogP contribution in [0.15, 0.2) is 0 Å². The van der Waals surface area contributed by atoms with E-state index in [1.54, 1.807) is 7.11 Å². The van der Waals surface area contributed by atoms with E-state index in [0.717, 1.165) is 13.1 Å². The number of hydrogen-bond acceptors (Lipinski definition) is 4. The summed E-state index contributed by atoms with van der Waals surface area (Å²) in [4.78, 5) is 2.28. The van der Waals surface area contributed by atoms with Crippen LogP contribution in [0.2, 0.25) is 0 Å². The fourth-order valence-corrected chi connectivity index (χ4v) is 2.46. The van der Waals surface area contributed by atoms with Crippen LogP contribution < -0.4 is 5.73 Å². The van der Waals surface area contributed by atoms with Gasteiger partial charge in [0.05, 0.1) is 12.7 Å². The van der Waals surface area contributed by atoms with E-state index in [2.05, 4.69) is 31.7 Å². The van der Waals surface area contributed by atoms with Crippen LogP contribution in [0.3, 0.4) is 0 Å². The Kier molecular flexibility index (Phi) is 7.37. The highest BCUT2D eigenvalue weighted by Crippen LogP contribution is 2.26. The smallest absolute Gasteiger partial charge is 0.0635 e. The lowest BCUT2D eigenvalue weighted by Crippen LogP contribution is -2.54. The molecule has 2 unspecified atom stereocenters. The molecule has 100 valence electrons. The third-order valence-electron chi connectivity index (χ3n) is 2.87. The maximum Gasteiger partial charge on any atom is 0.0635 e. The molecule has 0 aromatic heterocycles. The summed E-state index contributed by atoms with van der Waals surface area (Å²) in [6.45, 7) is 10.8. The molecule has 17 heavy (non-hydrogen) atoms. The van der Waals surface area contributed by atoms with Gasteiger partial charge in [0.25, 0.3) is 0 Å². The molecule has 0 aliphatic heterocycles. The maximum absolute atomic E-state index is 8.72. The van der Waals surface area contributed by atoms with Crippen LogP contribution in [0.1, 0.15) is 34.1 Å². The summed E-state index contributed by atoms with van der Waals surface area (Å²) < 4.78 is 5.13. The average molecular weight is 241 g/mol. The van der Waals surface area contributed by atoms with Gasteiger partial charge < -0.3 is 10.5 Å². The molecule has 0 rings (SSSR count). The van der Waals surface area contributed by atoms with Gasteiger partial charge in [-0.25, -0.2) is 0 Å². The maximum atomic E-state index is 8.72. The molecule has 0 spiro atoms. The fraction of sp³-hybridized carbons (Fsp3) is 0.923. The molecule has 0 radical (unpaired) electrons.